The van der Waals surface area contributed by atoms with Gasteiger partial charge in [-0.2, -0.15) is 18.3 Å². The molecule has 1 heterocycles. The van der Waals surface area contributed by atoms with Crippen molar-refractivity contribution in [3.63, 3.8) is 0 Å². The molecular weight excluding hydrogens is 197 g/mol. The van der Waals surface area contributed by atoms with E-state index in [0.717, 1.165) is 6.20 Å². The molecule has 0 radical (unpaired) electrons. The minimum Gasteiger partial charge on any atom is -0.393 e. The Kier molecular flexibility index (Phi) is 3.15. The summed E-state index contributed by atoms with van der Waals surface area (Å²) in [7, 11) is 0. The summed E-state index contributed by atoms with van der Waals surface area (Å²) in [6, 6.07) is 0. The lowest BCUT2D eigenvalue weighted by molar-refractivity contribution is -0.141. The quantitative estimate of drug-likeness (QED) is 0.794. The third-order valence-corrected chi connectivity index (χ3v) is 1.83. The van der Waals surface area contributed by atoms with Gasteiger partial charge in [-0.05, 0) is 19.8 Å². The first-order chi connectivity index (χ1) is 6.41. The molecule has 14 heavy (non-hydrogen) atoms. The van der Waals surface area contributed by atoms with E-state index in [1.165, 1.54) is 6.92 Å². The molecule has 80 valence electrons. The summed E-state index contributed by atoms with van der Waals surface area (Å²) in [5.74, 6) is 0. The van der Waals surface area contributed by atoms with Crippen LogP contribution in [-0.2, 0) is 12.6 Å². The van der Waals surface area contributed by atoms with Crippen molar-refractivity contribution in [2.75, 3.05) is 0 Å². The lowest BCUT2D eigenvalue weighted by atomic mass is 10.1. The van der Waals surface area contributed by atoms with Crippen molar-refractivity contribution in [3.05, 3.63) is 17.5 Å². The lowest BCUT2D eigenvalue weighted by Crippen LogP contribution is -2.10. The Bertz CT molecular complexity index is 293. The number of alkyl halides is 3. The summed E-state index contributed by atoms with van der Waals surface area (Å²) in [5, 5.41) is 14.2. The van der Waals surface area contributed by atoms with Crippen LogP contribution in [0.2, 0.25) is 0 Å². The van der Waals surface area contributed by atoms with E-state index in [1.807, 2.05) is 5.10 Å². The van der Waals surface area contributed by atoms with Gasteiger partial charge in [0.15, 0.2) is 0 Å². The fraction of sp³-hybridized carbons (Fsp3) is 0.625. The second-order valence-electron chi connectivity index (χ2n) is 3.16. The molecule has 6 heteroatoms. The molecule has 0 saturated heterocycles. The predicted molar refractivity (Wildman–Crippen MR) is 43.6 cm³/mol. The Balaban J connectivity index is 2.73. The normalized spacial score (nSPS) is 14.4. The summed E-state index contributed by atoms with van der Waals surface area (Å²) in [5.41, 5.74) is -0.725. The molecule has 2 N–H and O–H groups in total. The van der Waals surface area contributed by atoms with Gasteiger partial charge in [0.25, 0.3) is 0 Å². The molecule has 0 amide bonds. The van der Waals surface area contributed by atoms with E-state index in [-0.39, 0.29) is 12.0 Å². The highest BCUT2D eigenvalue weighted by Crippen LogP contribution is 2.30. The summed E-state index contributed by atoms with van der Waals surface area (Å²) in [6.07, 6.45) is -3.40. The number of rotatable bonds is 3. The predicted octanol–water partition coefficient (Wildman–Crippen LogP) is 1.74. The van der Waals surface area contributed by atoms with Gasteiger partial charge in [0.1, 0.15) is 5.69 Å². The highest BCUT2D eigenvalue weighted by molar-refractivity contribution is 5.19. The zero-order chi connectivity index (χ0) is 10.8. The Morgan fingerprint density at radius 2 is 2.21 bits per heavy atom. The first-order valence-electron chi connectivity index (χ1n) is 4.18. The molecule has 1 aromatic heterocycles. The molecule has 1 rings (SSSR count). The van der Waals surface area contributed by atoms with Crippen LogP contribution < -0.4 is 0 Å². The van der Waals surface area contributed by atoms with E-state index in [9.17, 15) is 13.2 Å². The van der Waals surface area contributed by atoms with Gasteiger partial charge in [0.05, 0.1) is 12.3 Å². The van der Waals surface area contributed by atoms with Crippen molar-refractivity contribution in [3.8, 4) is 0 Å². The maximum absolute atomic E-state index is 12.3. The van der Waals surface area contributed by atoms with Gasteiger partial charge in [-0.25, -0.2) is 0 Å². The van der Waals surface area contributed by atoms with Crippen LogP contribution in [0.5, 0.6) is 0 Å². The van der Waals surface area contributed by atoms with E-state index < -0.39 is 18.0 Å². The van der Waals surface area contributed by atoms with E-state index in [1.54, 1.807) is 0 Å². The highest BCUT2D eigenvalue weighted by Gasteiger charge is 2.35. The Morgan fingerprint density at radius 3 is 2.71 bits per heavy atom. The molecule has 0 spiro atoms. The van der Waals surface area contributed by atoms with Crippen LogP contribution in [0.4, 0.5) is 13.2 Å². The summed E-state index contributed by atoms with van der Waals surface area (Å²) < 4.78 is 36.8. The summed E-state index contributed by atoms with van der Waals surface area (Å²) in [6.45, 7) is 1.54. The van der Waals surface area contributed by atoms with E-state index >= 15 is 0 Å². The molecule has 0 aromatic carbocycles. The van der Waals surface area contributed by atoms with Crippen LogP contribution in [0.25, 0.3) is 0 Å². The number of nitrogens with zero attached hydrogens (tertiary/aromatic N) is 1. The van der Waals surface area contributed by atoms with E-state index in [0.29, 0.717) is 6.42 Å². The van der Waals surface area contributed by atoms with E-state index in [2.05, 4.69) is 5.10 Å². The van der Waals surface area contributed by atoms with Crippen LogP contribution in [0, 0.1) is 0 Å². The zero-order valence-corrected chi connectivity index (χ0v) is 7.60. The van der Waals surface area contributed by atoms with Gasteiger partial charge < -0.3 is 5.11 Å². The molecule has 1 aromatic rings. The maximum atomic E-state index is 12.3. The number of hydrogen-bond donors (Lipinski definition) is 2. The molecule has 0 fully saturated rings. The largest absolute Gasteiger partial charge is 0.433 e. The number of aliphatic hydroxyl groups is 1. The second-order valence-corrected chi connectivity index (χ2v) is 3.16. The average molecular weight is 208 g/mol. The Morgan fingerprint density at radius 1 is 1.57 bits per heavy atom. The number of aryl methyl sites for hydroxylation is 1. The number of halogens is 3. The number of aromatic nitrogens is 2. The van der Waals surface area contributed by atoms with Crippen molar-refractivity contribution in [2.45, 2.75) is 32.0 Å². The molecule has 0 unspecified atom stereocenters. The third kappa shape index (κ3) is 2.73. The Labute approximate surface area is 78.9 Å². The standard InChI is InChI=1S/C8H11F3N2O/c1-5(14)2-3-6-4-12-13-7(6)8(9,10)11/h4-5,14H,2-3H2,1H3,(H,12,13)/t5-/m1/s1. The smallest absolute Gasteiger partial charge is 0.393 e. The molecule has 3 nitrogen and oxygen atoms in total. The van der Waals surface area contributed by atoms with Gasteiger partial charge in [0.2, 0.25) is 0 Å². The Hall–Kier alpha value is -1.04. The number of hydrogen-bond acceptors (Lipinski definition) is 2. The van der Waals surface area contributed by atoms with Crippen molar-refractivity contribution in [1.82, 2.24) is 10.2 Å². The molecule has 1 atom stereocenters. The van der Waals surface area contributed by atoms with Crippen LogP contribution in [-0.4, -0.2) is 21.4 Å². The highest BCUT2D eigenvalue weighted by atomic mass is 19.4. The SMILES string of the molecule is C[C@@H](O)CCc1cn[nH]c1C(F)(F)F. The fourth-order valence-corrected chi connectivity index (χ4v) is 1.11. The maximum Gasteiger partial charge on any atom is 0.433 e. The lowest BCUT2D eigenvalue weighted by Gasteiger charge is -2.07. The number of aromatic amines is 1. The van der Waals surface area contributed by atoms with Gasteiger partial charge in [-0.15, -0.1) is 0 Å². The number of aliphatic hydroxyl groups excluding tert-OH is 1. The zero-order valence-electron chi connectivity index (χ0n) is 7.60. The third-order valence-electron chi connectivity index (χ3n) is 1.83. The van der Waals surface area contributed by atoms with Crippen LogP contribution >= 0.6 is 0 Å². The van der Waals surface area contributed by atoms with Crippen LogP contribution in [0.3, 0.4) is 0 Å². The molecule has 0 aliphatic carbocycles. The van der Waals surface area contributed by atoms with Crippen LogP contribution in [0.1, 0.15) is 24.6 Å². The number of H-pyrrole nitrogens is 1. The van der Waals surface area contributed by atoms with Gasteiger partial charge in [-0.1, -0.05) is 0 Å². The molecule has 0 bridgehead atoms. The van der Waals surface area contributed by atoms with Crippen molar-refractivity contribution in [2.24, 2.45) is 0 Å². The first kappa shape index (κ1) is 11.0. The summed E-state index contributed by atoms with van der Waals surface area (Å²) in [4.78, 5) is 0. The van der Waals surface area contributed by atoms with Crippen molar-refractivity contribution >= 4 is 0 Å². The van der Waals surface area contributed by atoms with Crippen molar-refractivity contribution < 1.29 is 18.3 Å². The second kappa shape index (κ2) is 4.00. The van der Waals surface area contributed by atoms with E-state index in [4.69, 9.17) is 5.11 Å². The molecule has 0 aliphatic heterocycles. The van der Waals surface area contributed by atoms with Crippen molar-refractivity contribution in [1.29, 1.82) is 0 Å². The van der Waals surface area contributed by atoms with Gasteiger partial charge >= 0.3 is 6.18 Å². The molecular formula is C8H11F3N2O. The fourth-order valence-electron chi connectivity index (χ4n) is 1.11. The first-order valence-corrected chi connectivity index (χ1v) is 4.18. The topological polar surface area (TPSA) is 48.9 Å². The minimum atomic E-state index is -4.40. The number of nitrogens with one attached hydrogen (secondary N) is 1. The van der Waals surface area contributed by atoms with Gasteiger partial charge in [-0.3, -0.25) is 5.10 Å². The molecule has 0 saturated carbocycles. The summed E-state index contributed by atoms with van der Waals surface area (Å²) >= 11 is 0. The monoisotopic (exact) mass is 208 g/mol. The minimum absolute atomic E-state index is 0.0957. The molecule has 0 aliphatic rings. The van der Waals surface area contributed by atoms with Crippen LogP contribution in [0.15, 0.2) is 6.20 Å². The average Bonchev–Trinajstić information content (AvgIpc) is 2.46. The van der Waals surface area contributed by atoms with Gasteiger partial charge in [0, 0.05) is 5.56 Å².